The van der Waals surface area contributed by atoms with Crippen LogP contribution in [0.25, 0.3) is 0 Å². The van der Waals surface area contributed by atoms with Gasteiger partial charge in [-0.15, -0.1) is 0 Å². The lowest BCUT2D eigenvalue weighted by Gasteiger charge is -2.28. The Kier molecular flexibility index (Phi) is 10.8. The Morgan fingerprint density at radius 3 is 2.31 bits per heavy atom. The molecule has 0 unspecified atom stereocenters. The van der Waals surface area contributed by atoms with Crippen molar-refractivity contribution in [3.63, 3.8) is 0 Å². The Hall–Kier alpha value is -1.17. The summed E-state index contributed by atoms with van der Waals surface area (Å²) in [5.74, 6) is -0.243. The minimum Gasteiger partial charge on any atom is -0.748 e. The molecule has 0 fully saturated rings. The van der Waals surface area contributed by atoms with Crippen LogP contribution in [0.4, 0.5) is 0 Å². The quantitative estimate of drug-likeness (QED) is 0.211. The van der Waals surface area contributed by atoms with Crippen molar-refractivity contribution in [1.82, 2.24) is 0 Å². The van der Waals surface area contributed by atoms with Crippen molar-refractivity contribution >= 4 is 10.1 Å². The van der Waals surface area contributed by atoms with Crippen LogP contribution in [-0.4, -0.2) is 50.4 Å². The molecule has 1 rings (SSSR count). The molecule has 148 valence electrons. The van der Waals surface area contributed by atoms with Gasteiger partial charge in [-0.25, -0.2) is 8.42 Å². The van der Waals surface area contributed by atoms with E-state index in [1.165, 1.54) is 37.7 Å². The number of aryl methyl sites for hydroxylation is 1. The monoisotopic (exact) mass is 381 g/mol. The topological polar surface area (TPSA) is 57.2 Å². The first-order valence-electron chi connectivity index (χ1n) is 9.73. The van der Waals surface area contributed by atoms with Crippen molar-refractivity contribution in [2.24, 2.45) is 0 Å². The van der Waals surface area contributed by atoms with Gasteiger partial charge >= 0.3 is 0 Å². The summed E-state index contributed by atoms with van der Waals surface area (Å²) in [6.45, 7) is 1.83. The van der Waals surface area contributed by atoms with Gasteiger partial charge in [0.05, 0.1) is 37.3 Å². The summed E-state index contributed by atoms with van der Waals surface area (Å²) < 4.78 is 32.6. The number of rotatable bonds is 14. The second-order valence-electron chi connectivity index (χ2n) is 7.72. The first-order chi connectivity index (χ1) is 12.3. The number of likely N-dealkylation sites (N-methyl/N-ethyl adjacent to an activating group) is 1. The summed E-state index contributed by atoms with van der Waals surface area (Å²) in [5, 5.41) is 0. The molecule has 0 bridgehead atoms. The van der Waals surface area contributed by atoms with Gasteiger partial charge in [-0.1, -0.05) is 49.2 Å². The van der Waals surface area contributed by atoms with Crippen LogP contribution in [0.5, 0.6) is 0 Å². The third-order valence-corrected chi connectivity index (χ3v) is 5.39. The molecule has 0 saturated carbocycles. The molecule has 0 radical (unpaired) electrons. The Labute approximate surface area is 160 Å². The summed E-state index contributed by atoms with van der Waals surface area (Å²) in [6, 6.07) is 10.7. The fourth-order valence-corrected chi connectivity index (χ4v) is 3.53. The lowest BCUT2D eigenvalue weighted by molar-refractivity contribution is -0.884. The largest absolute Gasteiger partial charge is 0.748 e. The lowest BCUT2D eigenvalue weighted by atomic mass is 10.1. The fourth-order valence-electron chi connectivity index (χ4n) is 2.98. The van der Waals surface area contributed by atoms with Crippen molar-refractivity contribution in [2.45, 2.75) is 51.4 Å². The molecule has 0 aromatic heterocycles. The Morgan fingerprint density at radius 2 is 1.62 bits per heavy atom. The van der Waals surface area contributed by atoms with Gasteiger partial charge in [-0.2, -0.15) is 0 Å². The van der Waals surface area contributed by atoms with E-state index >= 15 is 0 Å². The van der Waals surface area contributed by atoms with E-state index in [-0.39, 0.29) is 5.75 Å². The van der Waals surface area contributed by atoms with E-state index in [0.717, 1.165) is 30.4 Å². The van der Waals surface area contributed by atoms with Crippen LogP contribution in [0.3, 0.4) is 0 Å². The molecule has 0 heterocycles. The Bertz CT molecular complexity index is 609. The van der Waals surface area contributed by atoms with E-state index in [4.69, 9.17) is 0 Å². The van der Waals surface area contributed by atoms with Gasteiger partial charge in [-0.3, -0.25) is 0 Å². The molecule has 0 saturated heterocycles. The van der Waals surface area contributed by atoms with Crippen LogP contribution in [0.1, 0.15) is 50.5 Å². The van der Waals surface area contributed by atoms with E-state index < -0.39 is 10.1 Å². The molecule has 0 aliphatic rings. The number of allylic oxidation sites excluding steroid dienone is 1. The van der Waals surface area contributed by atoms with E-state index in [1.54, 1.807) is 0 Å². The number of nitrogens with zero attached hydrogens (tertiary/aromatic N) is 1. The molecule has 0 aliphatic carbocycles. The summed E-state index contributed by atoms with van der Waals surface area (Å²) in [6.07, 6.45) is 13.1. The van der Waals surface area contributed by atoms with Gasteiger partial charge in [0.2, 0.25) is 0 Å². The molecule has 4 nitrogen and oxygen atoms in total. The molecule has 0 amide bonds. The van der Waals surface area contributed by atoms with Gasteiger partial charge in [0.25, 0.3) is 0 Å². The highest BCUT2D eigenvalue weighted by Crippen LogP contribution is 2.09. The van der Waals surface area contributed by atoms with Crippen molar-refractivity contribution < 1.29 is 17.5 Å². The van der Waals surface area contributed by atoms with E-state index in [2.05, 4.69) is 56.6 Å². The maximum atomic E-state index is 10.6. The van der Waals surface area contributed by atoms with E-state index in [0.29, 0.717) is 6.42 Å². The second kappa shape index (κ2) is 12.3. The Morgan fingerprint density at radius 1 is 0.923 bits per heavy atom. The molecular formula is C21H35NO3S. The van der Waals surface area contributed by atoms with Gasteiger partial charge in [0.1, 0.15) is 0 Å². The number of hydrogen-bond donors (Lipinski definition) is 0. The zero-order chi connectivity index (χ0) is 19.3. The molecular weight excluding hydrogens is 346 g/mol. The van der Waals surface area contributed by atoms with Crippen molar-refractivity contribution in [3.05, 3.63) is 48.0 Å². The minimum absolute atomic E-state index is 0.243. The molecule has 1 aromatic rings. The molecule has 0 atom stereocenters. The highest BCUT2D eigenvalue weighted by atomic mass is 32.2. The van der Waals surface area contributed by atoms with E-state index in [9.17, 15) is 13.0 Å². The van der Waals surface area contributed by atoms with Crippen molar-refractivity contribution in [3.8, 4) is 0 Å². The van der Waals surface area contributed by atoms with Crippen LogP contribution in [0.2, 0.25) is 0 Å². The number of unbranched alkanes of at least 4 members (excludes halogenated alkanes) is 5. The van der Waals surface area contributed by atoms with Crippen LogP contribution < -0.4 is 0 Å². The molecule has 1 aromatic carbocycles. The van der Waals surface area contributed by atoms with Gasteiger partial charge in [-0.05, 0) is 50.2 Å². The number of quaternary nitrogens is 1. The summed E-state index contributed by atoms with van der Waals surface area (Å²) >= 11 is 0. The van der Waals surface area contributed by atoms with Gasteiger partial charge < -0.3 is 9.04 Å². The zero-order valence-corrected chi connectivity index (χ0v) is 17.2. The molecule has 0 spiro atoms. The third kappa shape index (κ3) is 13.1. The Balaban J connectivity index is 2.01. The molecule has 0 aliphatic heterocycles. The molecule has 5 heteroatoms. The van der Waals surface area contributed by atoms with Gasteiger partial charge in [0.15, 0.2) is 0 Å². The highest BCUT2D eigenvalue weighted by Gasteiger charge is 2.12. The minimum atomic E-state index is -4.06. The predicted molar refractivity (Wildman–Crippen MR) is 108 cm³/mol. The fraction of sp³-hybridized carbons (Fsp3) is 0.619. The van der Waals surface area contributed by atoms with Crippen molar-refractivity contribution in [1.29, 1.82) is 0 Å². The maximum Gasteiger partial charge on any atom is 0.0969 e. The zero-order valence-electron chi connectivity index (χ0n) is 16.4. The average molecular weight is 382 g/mol. The van der Waals surface area contributed by atoms with Gasteiger partial charge in [0, 0.05) is 5.75 Å². The normalized spacial score (nSPS) is 12.7. The maximum absolute atomic E-state index is 10.6. The summed E-state index contributed by atoms with van der Waals surface area (Å²) in [7, 11) is 0.214. The standard InChI is InChI=1S/C21H35NO3S/c1-22(2,19-13-14-20-26(23,24)25)18-12-7-5-3-4-6-9-15-21-16-10-8-11-17-21/h7-8,10-12,16-17H,3-6,9,13-15,18-20H2,1-2H3/b12-7+. The van der Waals surface area contributed by atoms with Crippen molar-refractivity contribution in [2.75, 3.05) is 32.9 Å². The second-order valence-corrected chi connectivity index (χ2v) is 9.24. The summed E-state index contributed by atoms with van der Waals surface area (Å²) in [5.41, 5.74) is 1.43. The first-order valence-corrected chi connectivity index (χ1v) is 11.3. The smallest absolute Gasteiger partial charge is 0.0969 e. The SMILES string of the molecule is C[N+](C)(C/C=C/CCCCCCc1ccccc1)CCCCS(=O)(=O)[O-]. The predicted octanol–water partition coefficient (Wildman–Crippen LogP) is 4.14. The van der Waals surface area contributed by atoms with E-state index in [1.807, 2.05) is 0 Å². The third-order valence-electron chi connectivity index (χ3n) is 4.60. The van der Waals surface area contributed by atoms with Crippen LogP contribution in [0, 0.1) is 0 Å². The van der Waals surface area contributed by atoms with Crippen LogP contribution in [-0.2, 0) is 16.5 Å². The molecule has 26 heavy (non-hydrogen) atoms. The molecule has 0 N–H and O–H groups in total. The number of benzene rings is 1. The number of hydrogen-bond acceptors (Lipinski definition) is 3. The summed E-state index contributed by atoms with van der Waals surface area (Å²) in [4.78, 5) is 0. The van der Waals surface area contributed by atoms with Crippen LogP contribution in [0.15, 0.2) is 42.5 Å². The average Bonchev–Trinajstić information content (AvgIpc) is 2.57. The van der Waals surface area contributed by atoms with Crippen LogP contribution >= 0.6 is 0 Å². The lowest BCUT2D eigenvalue weighted by Crippen LogP contribution is -2.40. The first kappa shape index (κ1) is 22.9. The highest BCUT2D eigenvalue weighted by molar-refractivity contribution is 7.85.